The molecule has 0 spiro atoms. The van der Waals surface area contributed by atoms with E-state index in [0.29, 0.717) is 24.3 Å². The van der Waals surface area contributed by atoms with Crippen LogP contribution in [-0.2, 0) is 10.0 Å². The molecule has 0 radical (unpaired) electrons. The lowest BCUT2D eigenvalue weighted by Gasteiger charge is -2.23. The van der Waals surface area contributed by atoms with Crippen molar-refractivity contribution in [1.82, 2.24) is 5.32 Å². The Hall–Kier alpha value is -0.790. The molecule has 1 aliphatic heterocycles. The number of hydrogen-bond donors (Lipinski definition) is 2. The van der Waals surface area contributed by atoms with Crippen LogP contribution in [0, 0.1) is 0 Å². The fourth-order valence-electron chi connectivity index (χ4n) is 2.10. The number of halogens is 1. The molecule has 0 unspecified atom stereocenters. The van der Waals surface area contributed by atoms with Gasteiger partial charge in [-0.15, -0.1) is 0 Å². The monoisotopic (exact) mass is 348 g/mol. The van der Waals surface area contributed by atoms with Gasteiger partial charge in [0, 0.05) is 4.47 Å². The Bertz CT molecular complexity index is 542. The van der Waals surface area contributed by atoms with Crippen molar-refractivity contribution in [2.24, 2.45) is 0 Å². The number of ether oxygens (including phenoxy) is 1. The molecule has 19 heavy (non-hydrogen) atoms. The number of benzene rings is 1. The van der Waals surface area contributed by atoms with E-state index in [1.165, 1.54) is 7.11 Å². The number of rotatable bonds is 4. The van der Waals surface area contributed by atoms with Gasteiger partial charge in [-0.3, -0.25) is 4.72 Å². The van der Waals surface area contributed by atoms with Crippen LogP contribution in [0.5, 0.6) is 5.75 Å². The summed E-state index contributed by atoms with van der Waals surface area (Å²) in [6, 6.07) is 5.24. The average molecular weight is 349 g/mol. The second-order valence-corrected chi connectivity index (χ2v) is 7.32. The molecule has 1 aliphatic rings. The van der Waals surface area contributed by atoms with Gasteiger partial charge in [0.25, 0.3) is 0 Å². The molecule has 1 heterocycles. The smallest absolute Gasteiger partial charge is 0.235 e. The van der Waals surface area contributed by atoms with Gasteiger partial charge in [-0.05, 0) is 44.1 Å². The molecular weight excluding hydrogens is 332 g/mol. The molecule has 0 aliphatic carbocycles. The minimum absolute atomic E-state index is 0.350. The molecule has 0 bridgehead atoms. The molecule has 0 atom stereocenters. The Morgan fingerprint density at radius 1 is 1.37 bits per heavy atom. The van der Waals surface area contributed by atoms with Gasteiger partial charge in [0.15, 0.2) is 0 Å². The van der Waals surface area contributed by atoms with Crippen molar-refractivity contribution in [3.8, 4) is 5.75 Å². The Balaban J connectivity index is 2.21. The van der Waals surface area contributed by atoms with E-state index in [9.17, 15) is 8.42 Å². The summed E-state index contributed by atoms with van der Waals surface area (Å²) in [5.41, 5.74) is 0.468. The number of nitrogens with one attached hydrogen (secondary N) is 2. The third-order valence-electron chi connectivity index (χ3n) is 3.14. The zero-order valence-corrected chi connectivity index (χ0v) is 13.1. The predicted molar refractivity (Wildman–Crippen MR) is 79.1 cm³/mol. The van der Waals surface area contributed by atoms with Gasteiger partial charge in [-0.25, -0.2) is 8.42 Å². The number of anilines is 1. The summed E-state index contributed by atoms with van der Waals surface area (Å²) in [5, 5.41) is 2.81. The molecule has 1 aromatic rings. The number of methoxy groups -OCH3 is 1. The van der Waals surface area contributed by atoms with Gasteiger partial charge >= 0.3 is 0 Å². The topological polar surface area (TPSA) is 67.4 Å². The molecule has 7 heteroatoms. The lowest BCUT2D eigenvalue weighted by Crippen LogP contribution is -2.38. The summed E-state index contributed by atoms with van der Waals surface area (Å²) < 4.78 is 33.3. The van der Waals surface area contributed by atoms with Crippen molar-refractivity contribution >= 4 is 31.6 Å². The average Bonchev–Trinajstić information content (AvgIpc) is 2.39. The van der Waals surface area contributed by atoms with Gasteiger partial charge < -0.3 is 10.1 Å². The predicted octanol–water partition coefficient (Wildman–Crippen LogP) is 1.95. The van der Waals surface area contributed by atoms with Crippen molar-refractivity contribution in [3.63, 3.8) is 0 Å². The zero-order chi connectivity index (χ0) is 13.9. The molecule has 5 nitrogen and oxygen atoms in total. The lowest BCUT2D eigenvalue weighted by atomic mass is 10.2. The fourth-order valence-corrected chi connectivity index (χ4v) is 3.95. The Morgan fingerprint density at radius 3 is 2.68 bits per heavy atom. The summed E-state index contributed by atoms with van der Waals surface area (Å²) in [6.45, 7) is 1.47. The first-order valence-electron chi connectivity index (χ1n) is 6.09. The van der Waals surface area contributed by atoms with Crippen molar-refractivity contribution in [2.45, 2.75) is 18.1 Å². The zero-order valence-electron chi connectivity index (χ0n) is 10.6. The van der Waals surface area contributed by atoms with Crippen molar-refractivity contribution in [3.05, 3.63) is 22.7 Å². The highest BCUT2D eigenvalue weighted by molar-refractivity contribution is 9.10. The van der Waals surface area contributed by atoms with Gasteiger partial charge in [-0.1, -0.05) is 15.9 Å². The SMILES string of the molecule is COc1ccc(Br)cc1NS(=O)(=O)C1CCNCC1. The normalized spacial score (nSPS) is 17.2. The van der Waals surface area contributed by atoms with E-state index in [-0.39, 0.29) is 5.25 Å². The van der Waals surface area contributed by atoms with E-state index >= 15 is 0 Å². The largest absolute Gasteiger partial charge is 0.495 e. The summed E-state index contributed by atoms with van der Waals surface area (Å²) in [4.78, 5) is 0. The third kappa shape index (κ3) is 3.61. The molecule has 1 saturated heterocycles. The van der Waals surface area contributed by atoms with E-state index < -0.39 is 10.0 Å². The summed E-state index contributed by atoms with van der Waals surface area (Å²) >= 11 is 3.33. The molecular formula is C12H17BrN2O3S. The highest BCUT2D eigenvalue weighted by atomic mass is 79.9. The molecule has 2 N–H and O–H groups in total. The molecule has 0 saturated carbocycles. The van der Waals surface area contributed by atoms with E-state index in [1.807, 2.05) is 0 Å². The fraction of sp³-hybridized carbons (Fsp3) is 0.500. The molecule has 0 aromatic heterocycles. The second-order valence-electron chi connectivity index (χ2n) is 4.44. The minimum Gasteiger partial charge on any atom is -0.495 e. The van der Waals surface area contributed by atoms with Crippen LogP contribution < -0.4 is 14.8 Å². The van der Waals surface area contributed by atoms with Crippen molar-refractivity contribution in [2.75, 3.05) is 24.9 Å². The van der Waals surface area contributed by atoms with Crippen molar-refractivity contribution in [1.29, 1.82) is 0 Å². The Kier molecular flexibility index (Phi) is 4.70. The van der Waals surface area contributed by atoms with E-state index in [0.717, 1.165) is 17.6 Å². The van der Waals surface area contributed by atoms with Crippen LogP contribution in [0.2, 0.25) is 0 Å². The number of hydrogen-bond acceptors (Lipinski definition) is 4. The van der Waals surface area contributed by atoms with Gasteiger partial charge in [0.2, 0.25) is 10.0 Å². The lowest BCUT2D eigenvalue weighted by molar-refractivity contribution is 0.416. The van der Waals surface area contributed by atoms with Crippen molar-refractivity contribution < 1.29 is 13.2 Å². The van der Waals surface area contributed by atoms with Gasteiger partial charge in [0.05, 0.1) is 18.0 Å². The van der Waals surface area contributed by atoms with Crippen LogP contribution in [0.3, 0.4) is 0 Å². The van der Waals surface area contributed by atoms with E-state index in [4.69, 9.17) is 4.74 Å². The van der Waals surface area contributed by atoms with Crippen LogP contribution in [0.1, 0.15) is 12.8 Å². The molecule has 1 aromatic carbocycles. The molecule has 1 fully saturated rings. The number of piperidine rings is 1. The summed E-state index contributed by atoms with van der Waals surface area (Å²) in [7, 11) is -1.86. The Morgan fingerprint density at radius 2 is 2.05 bits per heavy atom. The first-order chi connectivity index (χ1) is 9.03. The molecule has 0 amide bonds. The first-order valence-corrected chi connectivity index (χ1v) is 8.43. The van der Waals surface area contributed by atoms with Crippen LogP contribution in [-0.4, -0.2) is 33.9 Å². The third-order valence-corrected chi connectivity index (χ3v) is 5.49. The van der Waals surface area contributed by atoms with Gasteiger partial charge in [-0.2, -0.15) is 0 Å². The van der Waals surface area contributed by atoms with Crippen LogP contribution in [0.15, 0.2) is 22.7 Å². The van der Waals surface area contributed by atoms with E-state index in [1.54, 1.807) is 18.2 Å². The molecule has 2 rings (SSSR count). The van der Waals surface area contributed by atoms with Crippen LogP contribution >= 0.6 is 15.9 Å². The highest BCUT2D eigenvalue weighted by Crippen LogP contribution is 2.30. The van der Waals surface area contributed by atoms with Crippen LogP contribution in [0.4, 0.5) is 5.69 Å². The number of sulfonamides is 1. The maximum absolute atomic E-state index is 12.3. The second kappa shape index (κ2) is 6.11. The van der Waals surface area contributed by atoms with Gasteiger partial charge in [0.1, 0.15) is 5.75 Å². The quantitative estimate of drug-likeness (QED) is 0.872. The minimum atomic E-state index is -3.38. The first kappa shape index (κ1) is 14.6. The van der Waals surface area contributed by atoms with Crippen LogP contribution in [0.25, 0.3) is 0 Å². The summed E-state index contributed by atoms with van der Waals surface area (Å²) in [6.07, 6.45) is 1.26. The van der Waals surface area contributed by atoms with E-state index in [2.05, 4.69) is 26.0 Å². The highest BCUT2D eigenvalue weighted by Gasteiger charge is 2.27. The summed E-state index contributed by atoms with van der Waals surface area (Å²) in [5.74, 6) is 0.515. The molecule has 106 valence electrons. The maximum atomic E-state index is 12.3. The Labute approximate surface area is 121 Å². The standard InChI is InChI=1S/C12H17BrN2O3S/c1-18-12-3-2-9(13)8-11(12)15-19(16,17)10-4-6-14-7-5-10/h2-3,8,10,14-15H,4-7H2,1H3. The maximum Gasteiger partial charge on any atom is 0.235 e.